The van der Waals surface area contributed by atoms with E-state index in [2.05, 4.69) is 66.9 Å². The molecule has 6 nitrogen and oxygen atoms in total. The first-order chi connectivity index (χ1) is 16.0. The van der Waals surface area contributed by atoms with Crippen LogP contribution in [-0.2, 0) is 10.4 Å². The monoisotopic (exact) mass is 460 g/mol. The molecule has 0 saturated carbocycles. The number of aromatic nitrogens is 2. The highest BCUT2D eigenvalue weighted by Gasteiger charge is 2.55. The summed E-state index contributed by atoms with van der Waals surface area (Å²) in [5.41, 5.74) is 1.07. The Morgan fingerprint density at radius 2 is 1.82 bits per heavy atom. The Balaban J connectivity index is 1.73. The van der Waals surface area contributed by atoms with Crippen molar-refractivity contribution in [1.82, 2.24) is 20.0 Å². The van der Waals surface area contributed by atoms with Crippen molar-refractivity contribution < 1.29 is 9.90 Å². The second-order valence-electron chi connectivity index (χ2n) is 11.0. The number of benzene rings is 1. The lowest BCUT2D eigenvalue weighted by Crippen LogP contribution is -2.63. The second kappa shape index (κ2) is 8.79. The van der Waals surface area contributed by atoms with Crippen molar-refractivity contribution >= 4 is 5.91 Å². The third kappa shape index (κ3) is 4.23. The number of carbonyl (C=O) groups is 1. The lowest BCUT2D eigenvalue weighted by molar-refractivity contribution is -0.130. The molecule has 2 aliphatic heterocycles. The zero-order valence-corrected chi connectivity index (χ0v) is 21.2. The van der Waals surface area contributed by atoms with Gasteiger partial charge in [-0.15, -0.1) is 5.10 Å². The number of aliphatic hydroxyl groups is 1. The molecule has 6 heteroatoms. The molecule has 0 spiro atoms. The molecular formula is C28H36N4O2. The summed E-state index contributed by atoms with van der Waals surface area (Å²) in [5, 5.41) is 20.8. The standard InChI is InChI=1S/C28H36N4O2/c1-20(2)21-9-11-22(12-10-21)28(34,27(5)18-31(6)19-27)23-16-24(30-29-17-23)13-14-26(3,4)32-15-7-8-25(32)33/h9-12,16-17,20,34H,7-8,15,18-19H2,1-6H3/t28-/m0/s1. The highest BCUT2D eigenvalue weighted by molar-refractivity contribution is 5.79. The van der Waals surface area contributed by atoms with Crippen LogP contribution in [0.4, 0.5) is 0 Å². The van der Waals surface area contributed by atoms with Gasteiger partial charge in [0.1, 0.15) is 11.3 Å². The van der Waals surface area contributed by atoms with Gasteiger partial charge >= 0.3 is 0 Å². The van der Waals surface area contributed by atoms with E-state index in [-0.39, 0.29) is 11.3 Å². The summed E-state index contributed by atoms with van der Waals surface area (Å²) >= 11 is 0. The maximum Gasteiger partial charge on any atom is 0.223 e. The van der Waals surface area contributed by atoms with Crippen molar-refractivity contribution in [2.24, 2.45) is 5.41 Å². The van der Waals surface area contributed by atoms with Crippen molar-refractivity contribution in [3.8, 4) is 11.8 Å². The van der Waals surface area contributed by atoms with Gasteiger partial charge in [-0.25, -0.2) is 0 Å². The lowest BCUT2D eigenvalue weighted by Gasteiger charge is -2.55. The molecule has 0 radical (unpaired) electrons. The van der Waals surface area contributed by atoms with Crippen LogP contribution in [0.2, 0.25) is 0 Å². The first-order valence-corrected chi connectivity index (χ1v) is 12.1. The molecule has 2 aromatic rings. The van der Waals surface area contributed by atoms with Gasteiger partial charge in [0.15, 0.2) is 0 Å². The largest absolute Gasteiger partial charge is 0.380 e. The van der Waals surface area contributed by atoms with Gasteiger partial charge in [0.2, 0.25) is 5.91 Å². The van der Waals surface area contributed by atoms with Gasteiger partial charge in [0.05, 0.1) is 11.7 Å². The Bertz CT molecular complexity index is 1120. The third-order valence-electron chi connectivity index (χ3n) is 7.42. The summed E-state index contributed by atoms with van der Waals surface area (Å²) < 4.78 is 0. The molecule has 1 aromatic heterocycles. The number of nitrogens with zero attached hydrogens (tertiary/aromatic N) is 4. The summed E-state index contributed by atoms with van der Waals surface area (Å²) in [6, 6.07) is 10.1. The number of likely N-dealkylation sites (tertiary alicyclic amines) is 2. The van der Waals surface area contributed by atoms with Crippen LogP contribution in [0, 0.1) is 17.3 Å². The fourth-order valence-corrected chi connectivity index (χ4v) is 5.50. The quantitative estimate of drug-likeness (QED) is 0.691. The second-order valence-corrected chi connectivity index (χ2v) is 11.0. The first-order valence-electron chi connectivity index (χ1n) is 12.1. The molecule has 2 aliphatic rings. The minimum atomic E-state index is -1.23. The molecule has 2 fully saturated rings. The third-order valence-corrected chi connectivity index (χ3v) is 7.42. The Labute approximate surface area is 203 Å². The Morgan fingerprint density at radius 3 is 2.38 bits per heavy atom. The average Bonchev–Trinajstić information content (AvgIpc) is 3.23. The van der Waals surface area contributed by atoms with E-state index in [0.29, 0.717) is 23.6 Å². The van der Waals surface area contributed by atoms with E-state index in [1.165, 1.54) is 5.56 Å². The summed E-state index contributed by atoms with van der Waals surface area (Å²) in [5.74, 6) is 6.91. The molecular weight excluding hydrogens is 424 g/mol. The van der Waals surface area contributed by atoms with E-state index in [4.69, 9.17) is 0 Å². The number of hydrogen-bond acceptors (Lipinski definition) is 5. The highest BCUT2D eigenvalue weighted by Crippen LogP contribution is 2.50. The SMILES string of the molecule is CC(C)c1ccc([C@](O)(c2cnnc(C#CC(C)(C)N3CCCC3=O)c2)C2(C)CN(C)C2)cc1. The first kappa shape index (κ1) is 24.4. The predicted molar refractivity (Wildman–Crippen MR) is 133 cm³/mol. The van der Waals surface area contributed by atoms with E-state index < -0.39 is 11.1 Å². The van der Waals surface area contributed by atoms with Crippen molar-refractivity contribution in [3.05, 3.63) is 58.9 Å². The van der Waals surface area contributed by atoms with Gasteiger partial charge < -0.3 is 14.9 Å². The molecule has 34 heavy (non-hydrogen) atoms. The van der Waals surface area contributed by atoms with E-state index in [0.717, 1.165) is 31.6 Å². The summed E-state index contributed by atoms with van der Waals surface area (Å²) in [6.07, 6.45) is 3.10. The fraction of sp³-hybridized carbons (Fsp3) is 0.536. The van der Waals surface area contributed by atoms with E-state index in [9.17, 15) is 9.90 Å². The number of carbonyl (C=O) groups excluding carboxylic acids is 1. The van der Waals surface area contributed by atoms with Crippen LogP contribution in [-0.4, -0.2) is 63.2 Å². The molecule has 0 bridgehead atoms. The van der Waals surface area contributed by atoms with Crippen molar-refractivity contribution in [2.75, 3.05) is 26.7 Å². The van der Waals surface area contributed by atoms with Gasteiger partial charge in [-0.2, -0.15) is 5.10 Å². The van der Waals surface area contributed by atoms with Gasteiger partial charge in [-0.3, -0.25) is 4.79 Å². The van der Waals surface area contributed by atoms with Gasteiger partial charge in [-0.05, 0) is 56.3 Å². The molecule has 2 saturated heterocycles. The lowest BCUT2D eigenvalue weighted by atomic mass is 9.62. The molecule has 1 N–H and O–H groups in total. The van der Waals surface area contributed by atoms with Crippen LogP contribution in [0.1, 0.15) is 75.8 Å². The molecule has 3 heterocycles. The van der Waals surface area contributed by atoms with Crippen LogP contribution in [0.25, 0.3) is 0 Å². The van der Waals surface area contributed by atoms with Crippen LogP contribution >= 0.6 is 0 Å². The zero-order valence-electron chi connectivity index (χ0n) is 21.2. The maximum atomic E-state index is 12.3. The maximum absolute atomic E-state index is 12.3. The molecule has 0 aliphatic carbocycles. The van der Waals surface area contributed by atoms with Crippen LogP contribution < -0.4 is 0 Å². The summed E-state index contributed by atoms with van der Waals surface area (Å²) in [7, 11) is 2.06. The van der Waals surface area contributed by atoms with Crippen LogP contribution in [0.15, 0.2) is 36.5 Å². The molecule has 4 rings (SSSR count). The Hall–Kier alpha value is -2.75. The van der Waals surface area contributed by atoms with E-state index in [1.807, 2.05) is 36.9 Å². The molecule has 1 atom stereocenters. The van der Waals surface area contributed by atoms with Gasteiger partial charge in [-0.1, -0.05) is 51.0 Å². The summed E-state index contributed by atoms with van der Waals surface area (Å²) in [4.78, 5) is 16.2. The van der Waals surface area contributed by atoms with Gasteiger partial charge in [0.25, 0.3) is 0 Å². The highest BCUT2D eigenvalue weighted by atomic mass is 16.3. The van der Waals surface area contributed by atoms with Crippen molar-refractivity contribution in [1.29, 1.82) is 0 Å². The number of hydrogen-bond donors (Lipinski definition) is 1. The van der Waals surface area contributed by atoms with Crippen molar-refractivity contribution in [2.45, 2.75) is 64.5 Å². The van der Waals surface area contributed by atoms with E-state index in [1.54, 1.807) is 6.20 Å². The molecule has 1 amide bonds. The molecule has 180 valence electrons. The topological polar surface area (TPSA) is 69.6 Å². The number of amides is 1. The number of rotatable bonds is 5. The Kier molecular flexibility index (Phi) is 6.30. The zero-order chi connectivity index (χ0) is 24.7. The normalized spacial score (nSPS) is 20.0. The average molecular weight is 461 g/mol. The van der Waals surface area contributed by atoms with Crippen LogP contribution in [0.3, 0.4) is 0 Å². The Morgan fingerprint density at radius 1 is 1.15 bits per heavy atom. The molecule has 1 aromatic carbocycles. The summed E-state index contributed by atoms with van der Waals surface area (Å²) in [6.45, 7) is 12.6. The minimum absolute atomic E-state index is 0.139. The smallest absolute Gasteiger partial charge is 0.223 e. The minimum Gasteiger partial charge on any atom is -0.380 e. The van der Waals surface area contributed by atoms with Gasteiger partial charge in [0, 0.05) is 37.0 Å². The van der Waals surface area contributed by atoms with Crippen LogP contribution in [0.5, 0.6) is 0 Å². The molecule has 0 unspecified atom stereocenters. The fourth-order valence-electron chi connectivity index (χ4n) is 5.50. The predicted octanol–water partition coefficient (Wildman–Crippen LogP) is 3.54. The van der Waals surface area contributed by atoms with Crippen molar-refractivity contribution in [3.63, 3.8) is 0 Å². The van der Waals surface area contributed by atoms with E-state index >= 15 is 0 Å².